The predicted molar refractivity (Wildman–Crippen MR) is 78.4 cm³/mol. The number of carbonyl (C=O) groups excluding carboxylic acids is 1. The van der Waals surface area contributed by atoms with Crippen LogP contribution >= 0.6 is 0 Å². The fourth-order valence-electron chi connectivity index (χ4n) is 1.61. The lowest BCUT2D eigenvalue weighted by molar-refractivity contribution is -0.384. The molecule has 0 aliphatic carbocycles. The molecule has 0 aromatic heterocycles. The van der Waals surface area contributed by atoms with E-state index in [1.807, 2.05) is 27.7 Å². The van der Waals surface area contributed by atoms with E-state index in [1.165, 1.54) is 0 Å². The van der Waals surface area contributed by atoms with Gasteiger partial charge in [0.1, 0.15) is 17.1 Å². The van der Waals surface area contributed by atoms with Crippen LogP contribution in [0.15, 0.2) is 12.1 Å². The van der Waals surface area contributed by atoms with Crippen molar-refractivity contribution in [2.24, 2.45) is 11.3 Å². The van der Waals surface area contributed by atoms with Crippen LogP contribution in [0.1, 0.15) is 38.1 Å². The molecular formula is C14H20FN3O3. The molecule has 21 heavy (non-hydrogen) atoms. The largest absolute Gasteiger partial charge is 0.392 e. The number of hydrogen-bond acceptors (Lipinski definition) is 4. The number of hydrogen-bond donors (Lipinski definition) is 2. The highest BCUT2D eigenvalue weighted by molar-refractivity contribution is 6.01. The summed E-state index contributed by atoms with van der Waals surface area (Å²) in [6.45, 7) is 8.34. The highest BCUT2D eigenvalue weighted by Crippen LogP contribution is 2.28. The number of nitrogens with one attached hydrogen (secondary N) is 1. The Morgan fingerprint density at radius 1 is 1.48 bits per heavy atom. The highest BCUT2D eigenvalue weighted by atomic mass is 19.1. The second-order valence-electron chi connectivity index (χ2n) is 6.09. The van der Waals surface area contributed by atoms with Crippen LogP contribution in [0.3, 0.4) is 0 Å². The number of benzene rings is 1. The molecule has 0 aliphatic heterocycles. The van der Waals surface area contributed by atoms with Crippen molar-refractivity contribution in [3.05, 3.63) is 33.6 Å². The van der Waals surface area contributed by atoms with Crippen LogP contribution in [-0.4, -0.2) is 17.4 Å². The first-order chi connectivity index (χ1) is 9.55. The molecule has 0 bridgehead atoms. The van der Waals surface area contributed by atoms with Gasteiger partial charge in [-0.2, -0.15) is 0 Å². The number of nitro benzene ring substituents is 1. The van der Waals surface area contributed by atoms with E-state index in [0.717, 1.165) is 12.1 Å². The quantitative estimate of drug-likeness (QED) is 0.507. The molecule has 1 aromatic rings. The minimum atomic E-state index is -0.876. The van der Waals surface area contributed by atoms with Crippen molar-refractivity contribution in [2.45, 2.75) is 27.7 Å². The normalized spacial score (nSPS) is 12.8. The van der Waals surface area contributed by atoms with Crippen LogP contribution in [0.2, 0.25) is 0 Å². The number of halogens is 1. The molecule has 1 unspecified atom stereocenters. The van der Waals surface area contributed by atoms with Gasteiger partial charge in [-0.3, -0.25) is 14.9 Å². The van der Waals surface area contributed by atoms with E-state index in [2.05, 4.69) is 5.32 Å². The summed E-state index contributed by atoms with van der Waals surface area (Å²) in [6, 6.07) is 1.82. The third-order valence-corrected chi connectivity index (χ3v) is 3.64. The van der Waals surface area contributed by atoms with Crippen LogP contribution in [0.4, 0.5) is 15.8 Å². The number of carbonyl (C=O) groups is 1. The number of amides is 1. The Balaban J connectivity index is 2.98. The van der Waals surface area contributed by atoms with E-state index < -0.39 is 33.6 Å². The van der Waals surface area contributed by atoms with Gasteiger partial charge in [0, 0.05) is 12.6 Å². The predicted octanol–water partition coefficient (Wildman–Crippen LogP) is 2.73. The average molecular weight is 297 g/mol. The van der Waals surface area contributed by atoms with E-state index >= 15 is 0 Å². The third-order valence-electron chi connectivity index (χ3n) is 3.64. The maximum atomic E-state index is 13.7. The van der Waals surface area contributed by atoms with Crippen LogP contribution in [0, 0.1) is 27.3 Å². The molecule has 6 nitrogen and oxygen atoms in total. The summed E-state index contributed by atoms with van der Waals surface area (Å²) in [6.07, 6.45) is 0. The Morgan fingerprint density at radius 2 is 2.05 bits per heavy atom. The van der Waals surface area contributed by atoms with Gasteiger partial charge in [-0.25, -0.2) is 4.39 Å². The van der Waals surface area contributed by atoms with Crippen molar-refractivity contribution in [1.82, 2.24) is 5.32 Å². The minimum absolute atomic E-state index is 0.0277. The molecule has 1 aromatic carbocycles. The topological polar surface area (TPSA) is 98.3 Å². The Bertz CT molecular complexity index is 567. The van der Waals surface area contributed by atoms with E-state index in [4.69, 9.17) is 5.73 Å². The molecule has 7 heteroatoms. The van der Waals surface area contributed by atoms with Crippen molar-refractivity contribution >= 4 is 17.3 Å². The van der Waals surface area contributed by atoms with Crippen LogP contribution < -0.4 is 11.1 Å². The van der Waals surface area contributed by atoms with Gasteiger partial charge < -0.3 is 11.1 Å². The Labute approximate surface area is 122 Å². The van der Waals surface area contributed by atoms with E-state index in [-0.39, 0.29) is 11.3 Å². The first kappa shape index (κ1) is 16.9. The van der Waals surface area contributed by atoms with E-state index in [9.17, 15) is 19.3 Å². The maximum absolute atomic E-state index is 13.7. The summed E-state index contributed by atoms with van der Waals surface area (Å²) in [4.78, 5) is 22.1. The number of anilines is 1. The average Bonchev–Trinajstić information content (AvgIpc) is 2.34. The van der Waals surface area contributed by atoms with Gasteiger partial charge in [0.15, 0.2) is 0 Å². The standard InChI is InChI=1S/C14H20FN3O3/c1-8(14(2,3)4)7-17-13(19)11-9(15)5-6-10(12(11)16)18(20)21/h5-6,8H,7,16H2,1-4H3,(H,17,19). The molecule has 1 amide bonds. The molecule has 1 rings (SSSR count). The molecule has 0 saturated carbocycles. The summed E-state index contributed by atoms with van der Waals surface area (Å²) in [7, 11) is 0. The highest BCUT2D eigenvalue weighted by Gasteiger charge is 2.25. The van der Waals surface area contributed by atoms with Crippen molar-refractivity contribution < 1.29 is 14.1 Å². The number of nitrogen functional groups attached to an aromatic ring is 1. The first-order valence-corrected chi connectivity index (χ1v) is 6.56. The number of nitrogens with zero attached hydrogens (tertiary/aromatic N) is 1. The summed E-state index contributed by atoms with van der Waals surface area (Å²) in [5.41, 5.74) is 4.09. The molecule has 0 heterocycles. The van der Waals surface area contributed by atoms with Crippen LogP contribution in [-0.2, 0) is 0 Å². The molecule has 3 N–H and O–H groups in total. The molecule has 0 spiro atoms. The smallest absolute Gasteiger partial charge is 0.293 e. The van der Waals surface area contributed by atoms with E-state index in [1.54, 1.807) is 0 Å². The maximum Gasteiger partial charge on any atom is 0.293 e. The fraction of sp³-hybridized carbons (Fsp3) is 0.500. The fourth-order valence-corrected chi connectivity index (χ4v) is 1.61. The van der Waals surface area contributed by atoms with Crippen molar-refractivity contribution in [3.8, 4) is 0 Å². The number of nitrogens with two attached hydrogens (primary N) is 1. The van der Waals surface area contributed by atoms with Crippen molar-refractivity contribution in [1.29, 1.82) is 0 Å². The Kier molecular flexibility index (Phi) is 4.88. The van der Waals surface area contributed by atoms with Crippen molar-refractivity contribution in [3.63, 3.8) is 0 Å². The lowest BCUT2D eigenvalue weighted by Gasteiger charge is -2.27. The van der Waals surface area contributed by atoms with E-state index in [0.29, 0.717) is 6.54 Å². The SMILES string of the molecule is CC(CNC(=O)c1c(F)ccc([N+](=O)[O-])c1N)C(C)(C)C. The van der Waals surface area contributed by atoms with Crippen LogP contribution in [0.25, 0.3) is 0 Å². The summed E-state index contributed by atoms with van der Waals surface area (Å²) < 4.78 is 13.7. The van der Waals surface area contributed by atoms with Gasteiger partial charge in [-0.15, -0.1) is 0 Å². The molecule has 1 atom stereocenters. The summed E-state index contributed by atoms with van der Waals surface area (Å²) in [5, 5.41) is 13.3. The van der Waals surface area contributed by atoms with Crippen molar-refractivity contribution in [2.75, 3.05) is 12.3 Å². The zero-order valence-corrected chi connectivity index (χ0v) is 12.6. The molecular weight excluding hydrogens is 277 g/mol. The minimum Gasteiger partial charge on any atom is -0.392 e. The Morgan fingerprint density at radius 3 is 2.52 bits per heavy atom. The first-order valence-electron chi connectivity index (χ1n) is 6.56. The van der Waals surface area contributed by atoms with Gasteiger partial charge in [0.25, 0.3) is 11.6 Å². The second-order valence-corrected chi connectivity index (χ2v) is 6.09. The molecule has 0 fully saturated rings. The van der Waals surface area contributed by atoms with Gasteiger partial charge in [-0.05, 0) is 17.4 Å². The molecule has 0 aliphatic rings. The summed E-state index contributed by atoms with van der Waals surface area (Å²) >= 11 is 0. The Hall–Kier alpha value is -2.18. The molecule has 0 saturated heterocycles. The van der Waals surface area contributed by atoms with Crippen LogP contribution in [0.5, 0.6) is 0 Å². The monoisotopic (exact) mass is 297 g/mol. The summed E-state index contributed by atoms with van der Waals surface area (Å²) in [5.74, 6) is -1.48. The lowest BCUT2D eigenvalue weighted by atomic mass is 9.82. The second kappa shape index (κ2) is 6.07. The van der Waals surface area contributed by atoms with Gasteiger partial charge in [0.05, 0.1) is 4.92 Å². The molecule has 0 radical (unpaired) electrons. The molecule has 116 valence electrons. The number of rotatable bonds is 4. The van der Waals surface area contributed by atoms with Gasteiger partial charge in [-0.1, -0.05) is 27.7 Å². The van der Waals surface area contributed by atoms with Gasteiger partial charge >= 0.3 is 0 Å². The van der Waals surface area contributed by atoms with Gasteiger partial charge in [0.2, 0.25) is 0 Å². The zero-order chi connectivity index (χ0) is 16.4. The number of nitro groups is 1. The zero-order valence-electron chi connectivity index (χ0n) is 12.6. The third kappa shape index (κ3) is 3.90. The lowest BCUT2D eigenvalue weighted by Crippen LogP contribution is -2.34.